The number of carboxylic acid groups (broad SMARTS) is 1. The summed E-state index contributed by atoms with van der Waals surface area (Å²) in [6.45, 7) is 0. The Morgan fingerprint density at radius 1 is 1.11 bits per heavy atom. The van der Waals surface area contributed by atoms with E-state index in [0.29, 0.717) is 0 Å². The van der Waals surface area contributed by atoms with Crippen molar-refractivity contribution in [1.29, 1.82) is 0 Å². The van der Waals surface area contributed by atoms with E-state index in [2.05, 4.69) is 31.7 Å². The quantitative estimate of drug-likeness (QED) is 0.458. The minimum atomic E-state index is -4.49. The Morgan fingerprint density at radius 2 is 1.68 bits per heavy atom. The van der Waals surface area contributed by atoms with Gasteiger partial charge in [-0.25, -0.2) is 14.4 Å². The van der Waals surface area contributed by atoms with Crippen molar-refractivity contribution in [3.05, 3.63) is 0 Å². The zero-order valence-electron chi connectivity index (χ0n) is 8.98. The van der Waals surface area contributed by atoms with Crippen LogP contribution in [-0.4, -0.2) is 41.0 Å². The van der Waals surface area contributed by atoms with Gasteiger partial charge in [0.2, 0.25) is 6.16 Å². The number of hydrogen-bond donors (Lipinski definition) is 0. The molecule has 96 valence electrons. The van der Waals surface area contributed by atoms with Gasteiger partial charge in [0, 0.05) is 0 Å². The van der Waals surface area contributed by atoms with Gasteiger partial charge in [-0.15, -0.1) is 0 Å². The molecule has 2 saturated heterocycles. The number of carbonyl (C=O) groups excluding carboxylic acids is 4. The van der Waals surface area contributed by atoms with E-state index < -0.39 is 41.0 Å². The van der Waals surface area contributed by atoms with Crippen LogP contribution >= 0.6 is 0 Å². The van der Waals surface area contributed by atoms with Crippen LogP contribution in [-0.2, 0) is 31.7 Å². The van der Waals surface area contributed by atoms with Gasteiger partial charge in [-0.2, -0.15) is 0 Å². The van der Waals surface area contributed by atoms with E-state index in [1.54, 1.807) is 0 Å². The minimum absolute atomic E-state index is 0. The second kappa shape index (κ2) is 5.97. The molecular formula is C4BKO12Si. The molecule has 15 heteroatoms. The first-order valence-electron chi connectivity index (χ1n) is 3.97. The first-order valence-corrected chi connectivity index (χ1v) is 5.61. The summed E-state index contributed by atoms with van der Waals surface area (Å²) < 4.78 is 28.7. The van der Waals surface area contributed by atoms with E-state index in [4.69, 9.17) is 0 Å². The third-order valence-corrected chi connectivity index (χ3v) is 3.08. The summed E-state index contributed by atoms with van der Waals surface area (Å²) in [5.41, 5.74) is 0. The molecule has 0 unspecified atom stereocenters. The molecule has 0 aromatic rings. The number of rotatable bonds is 3. The second-order valence-electron chi connectivity index (χ2n) is 2.55. The van der Waals surface area contributed by atoms with Gasteiger partial charge in [0.05, 0.1) is 0 Å². The molecule has 0 atom stereocenters. The van der Waals surface area contributed by atoms with Crippen LogP contribution in [0.1, 0.15) is 0 Å². The molecule has 0 radical (unpaired) electrons. The molecule has 2 heterocycles. The maximum Gasteiger partial charge on any atom is 1.00 e. The van der Waals surface area contributed by atoms with Crippen LogP contribution < -0.4 is 56.5 Å². The molecule has 0 N–H and O–H groups in total. The fraction of sp³-hybridized carbons (Fsp3) is 0. The van der Waals surface area contributed by atoms with Crippen LogP contribution in [0, 0.1) is 0 Å². The van der Waals surface area contributed by atoms with Crippen LogP contribution in [0.3, 0.4) is 0 Å². The standard InChI is InChI=1S/C4HBO12Si.K/c6-1(7)14-18(16-4(10)17-18)15-3(9)13-5-11-2(8)12-5;/h(H,6,7);/q;+1/p-1. The summed E-state index contributed by atoms with van der Waals surface area (Å²) in [6, 6.07) is 0. The van der Waals surface area contributed by atoms with E-state index in [-0.39, 0.29) is 51.4 Å². The summed E-state index contributed by atoms with van der Waals surface area (Å²) in [5.74, 6) is 0. The Bertz CT molecular complexity index is 421. The average Bonchev–Trinajstić information content (AvgIpc) is 2.11. The molecule has 2 rings (SSSR count). The van der Waals surface area contributed by atoms with Crippen molar-refractivity contribution in [1.82, 2.24) is 0 Å². The Morgan fingerprint density at radius 3 is 2.11 bits per heavy atom. The number of carbonyl (C=O) groups is 4. The average molecular weight is 318 g/mol. The predicted octanol–water partition coefficient (Wildman–Crippen LogP) is -4.74. The first kappa shape index (κ1) is 16.1. The largest absolute Gasteiger partial charge is 1.00 e. The van der Waals surface area contributed by atoms with Crippen LogP contribution in [0.15, 0.2) is 0 Å². The molecule has 0 amide bonds. The van der Waals surface area contributed by atoms with Crippen molar-refractivity contribution in [3.8, 4) is 0 Å². The minimum Gasteiger partial charge on any atom is -0.488 e. The predicted molar refractivity (Wildman–Crippen MR) is 40.7 cm³/mol. The van der Waals surface area contributed by atoms with Gasteiger partial charge in [0.15, 0.2) is 0 Å². The molecule has 0 aliphatic carbocycles. The monoisotopic (exact) mass is 318 g/mol. The fourth-order valence-corrected chi connectivity index (χ4v) is 1.92. The van der Waals surface area contributed by atoms with Crippen molar-refractivity contribution >= 4 is 41.0 Å². The summed E-state index contributed by atoms with van der Waals surface area (Å²) in [5, 5.41) is 10.1. The maximum absolute atomic E-state index is 11.0. The van der Waals surface area contributed by atoms with Crippen molar-refractivity contribution < 1.29 is 107 Å². The van der Waals surface area contributed by atoms with Gasteiger partial charge in [0.25, 0.3) is 0 Å². The zero-order chi connectivity index (χ0) is 13.3. The summed E-state index contributed by atoms with van der Waals surface area (Å²) in [6.07, 6.45) is -6.14. The SMILES string of the molecule is O=C([O-])O[Si]1(OC(=O)OB2OC(=O)O2)OC(=O)O1.[K+]. The van der Waals surface area contributed by atoms with E-state index in [1.807, 2.05) is 0 Å². The van der Waals surface area contributed by atoms with Crippen LogP contribution in [0.25, 0.3) is 0 Å². The fourth-order valence-electron chi connectivity index (χ4n) is 0.837. The van der Waals surface area contributed by atoms with Gasteiger partial charge >= 0.3 is 86.2 Å². The summed E-state index contributed by atoms with van der Waals surface area (Å²) in [4.78, 5) is 41.7. The molecular weight excluding hydrogens is 318 g/mol. The molecule has 0 bridgehead atoms. The van der Waals surface area contributed by atoms with Crippen molar-refractivity contribution in [2.75, 3.05) is 0 Å². The molecule has 12 nitrogen and oxygen atoms in total. The smallest absolute Gasteiger partial charge is 0.488 e. The number of hydrogen-bond acceptors (Lipinski definition) is 12. The third-order valence-electron chi connectivity index (χ3n) is 1.41. The molecule has 0 spiro atoms. The van der Waals surface area contributed by atoms with Gasteiger partial charge in [0.1, 0.15) is 0 Å². The van der Waals surface area contributed by atoms with Gasteiger partial charge in [-0.1, -0.05) is 0 Å². The Hall–Kier alpha value is -1.00. The van der Waals surface area contributed by atoms with E-state index in [9.17, 15) is 24.3 Å². The molecule has 0 saturated carbocycles. The van der Waals surface area contributed by atoms with Crippen LogP contribution in [0.2, 0.25) is 0 Å². The molecule has 2 aliphatic rings. The van der Waals surface area contributed by atoms with Gasteiger partial charge in [-0.05, 0) is 0 Å². The van der Waals surface area contributed by atoms with Gasteiger partial charge in [-0.3, -0.25) is 0 Å². The zero-order valence-corrected chi connectivity index (χ0v) is 13.1. The molecule has 19 heavy (non-hydrogen) atoms. The Labute approximate surface area is 147 Å². The summed E-state index contributed by atoms with van der Waals surface area (Å²) >= 11 is 0. The third kappa shape index (κ3) is 3.98. The molecule has 2 aliphatic heterocycles. The van der Waals surface area contributed by atoms with E-state index in [0.717, 1.165) is 0 Å². The maximum atomic E-state index is 11.0. The van der Waals surface area contributed by atoms with Gasteiger partial charge < -0.3 is 41.6 Å². The van der Waals surface area contributed by atoms with Crippen molar-refractivity contribution in [2.45, 2.75) is 0 Å². The topological polar surface area (TPSA) is 156 Å². The second-order valence-corrected chi connectivity index (χ2v) is 4.37. The van der Waals surface area contributed by atoms with Crippen molar-refractivity contribution in [3.63, 3.8) is 0 Å². The van der Waals surface area contributed by atoms with Crippen LogP contribution in [0.5, 0.6) is 0 Å². The molecule has 0 aromatic carbocycles. The van der Waals surface area contributed by atoms with Crippen molar-refractivity contribution in [2.24, 2.45) is 0 Å². The Kier molecular flexibility index (Phi) is 5.04. The first-order chi connectivity index (χ1) is 8.38. The molecule has 2 fully saturated rings. The van der Waals surface area contributed by atoms with E-state index in [1.165, 1.54) is 0 Å². The van der Waals surface area contributed by atoms with Crippen LogP contribution in [0.4, 0.5) is 19.2 Å². The van der Waals surface area contributed by atoms with E-state index >= 15 is 0 Å². The summed E-state index contributed by atoms with van der Waals surface area (Å²) in [7, 11) is -6.13. The Balaban J connectivity index is 0.00000180. The normalized spacial score (nSPS) is 17.8. The molecule has 0 aromatic heterocycles.